The zero-order valence-corrected chi connectivity index (χ0v) is 15.5. The van der Waals surface area contributed by atoms with Crippen LogP contribution >= 0.6 is 11.6 Å². The van der Waals surface area contributed by atoms with E-state index < -0.39 is 24.3 Å². The van der Waals surface area contributed by atoms with Crippen LogP contribution in [0.3, 0.4) is 0 Å². The molecule has 1 atom stereocenters. The molecule has 1 aromatic carbocycles. The summed E-state index contributed by atoms with van der Waals surface area (Å²) in [7, 11) is 0. The summed E-state index contributed by atoms with van der Waals surface area (Å²) < 4.78 is 24.2. The molecule has 1 heterocycles. The molecule has 0 unspecified atom stereocenters. The van der Waals surface area contributed by atoms with Gasteiger partial charge in [0, 0.05) is 6.04 Å². The van der Waals surface area contributed by atoms with E-state index in [1.807, 2.05) is 13.8 Å². The van der Waals surface area contributed by atoms with Gasteiger partial charge in [-0.1, -0.05) is 36.2 Å². The molecule has 0 spiro atoms. The van der Waals surface area contributed by atoms with Gasteiger partial charge in [0.05, 0.1) is 10.6 Å². The number of rotatable bonds is 7. The van der Waals surface area contributed by atoms with Gasteiger partial charge in [-0.05, 0) is 32.4 Å². The lowest BCUT2D eigenvalue weighted by atomic mass is 10.1. The van der Waals surface area contributed by atoms with Crippen LogP contribution in [0.1, 0.15) is 42.8 Å². The Balaban J connectivity index is 2.16. The van der Waals surface area contributed by atoms with Crippen LogP contribution in [-0.2, 0) is 9.53 Å². The minimum absolute atomic E-state index is 0.0173. The second kappa shape index (κ2) is 8.80. The molecule has 2 rings (SSSR count). The third kappa shape index (κ3) is 4.60. The number of esters is 1. The van der Waals surface area contributed by atoms with E-state index in [4.69, 9.17) is 20.9 Å². The van der Waals surface area contributed by atoms with E-state index in [1.165, 1.54) is 25.1 Å². The topological polar surface area (TPSA) is 81.4 Å². The summed E-state index contributed by atoms with van der Waals surface area (Å²) in [6.07, 6.45) is 1.74. The Labute approximate surface area is 155 Å². The standard InChI is InChI=1S/C18H20ClFN2O4/c1-4-6-10(2)21-14(23)9-25-18(24)15-11(3)26-22-17(15)16-12(19)7-5-8-13(16)20/h5,7-8,10H,4,6,9H2,1-3H3,(H,21,23)/t10-/m0/s1. The number of hydrogen-bond donors (Lipinski definition) is 1. The van der Waals surface area contributed by atoms with Crippen molar-refractivity contribution in [2.45, 2.75) is 39.7 Å². The quantitative estimate of drug-likeness (QED) is 0.734. The smallest absolute Gasteiger partial charge is 0.344 e. The van der Waals surface area contributed by atoms with Crippen molar-refractivity contribution in [3.63, 3.8) is 0 Å². The molecule has 1 N–H and O–H groups in total. The second-order valence-corrected chi connectivity index (χ2v) is 6.30. The lowest BCUT2D eigenvalue weighted by Crippen LogP contribution is -2.35. The highest BCUT2D eigenvalue weighted by Gasteiger charge is 2.27. The summed E-state index contributed by atoms with van der Waals surface area (Å²) in [4.78, 5) is 24.2. The Morgan fingerprint density at radius 2 is 2.15 bits per heavy atom. The molecular weight excluding hydrogens is 363 g/mol. The first-order valence-corrected chi connectivity index (χ1v) is 8.60. The van der Waals surface area contributed by atoms with Crippen LogP contribution in [-0.4, -0.2) is 29.7 Å². The minimum atomic E-state index is -0.837. The third-order valence-electron chi connectivity index (χ3n) is 3.73. The molecule has 0 fully saturated rings. The average molecular weight is 383 g/mol. The fraction of sp³-hybridized carbons (Fsp3) is 0.389. The highest BCUT2D eigenvalue weighted by Crippen LogP contribution is 2.33. The summed E-state index contributed by atoms with van der Waals surface area (Å²) in [5, 5.41) is 6.53. The Kier molecular flexibility index (Phi) is 6.74. The molecule has 6 nitrogen and oxygen atoms in total. The Morgan fingerprint density at radius 3 is 2.81 bits per heavy atom. The van der Waals surface area contributed by atoms with Crippen molar-refractivity contribution in [1.82, 2.24) is 10.5 Å². The van der Waals surface area contributed by atoms with Gasteiger partial charge in [-0.2, -0.15) is 0 Å². The van der Waals surface area contributed by atoms with Gasteiger partial charge in [-0.15, -0.1) is 0 Å². The van der Waals surface area contributed by atoms with E-state index in [0.29, 0.717) is 0 Å². The summed E-state index contributed by atoms with van der Waals surface area (Å²) in [6, 6.07) is 4.09. The molecule has 2 aromatic rings. The van der Waals surface area contributed by atoms with Gasteiger partial charge in [-0.3, -0.25) is 4.79 Å². The number of aromatic nitrogens is 1. The van der Waals surface area contributed by atoms with Gasteiger partial charge in [0.1, 0.15) is 22.8 Å². The van der Waals surface area contributed by atoms with Crippen LogP contribution in [0.5, 0.6) is 0 Å². The zero-order valence-electron chi connectivity index (χ0n) is 14.8. The summed E-state index contributed by atoms with van der Waals surface area (Å²) in [5.74, 6) is -1.76. The maximum absolute atomic E-state index is 14.1. The van der Waals surface area contributed by atoms with Gasteiger partial charge in [0.25, 0.3) is 5.91 Å². The van der Waals surface area contributed by atoms with E-state index in [2.05, 4.69) is 10.5 Å². The van der Waals surface area contributed by atoms with Gasteiger partial charge in [0.15, 0.2) is 6.61 Å². The molecule has 0 aliphatic heterocycles. The molecule has 26 heavy (non-hydrogen) atoms. The van der Waals surface area contributed by atoms with Crippen molar-refractivity contribution >= 4 is 23.5 Å². The molecule has 0 saturated heterocycles. The van der Waals surface area contributed by atoms with E-state index in [1.54, 1.807) is 0 Å². The fourth-order valence-corrected chi connectivity index (χ4v) is 2.78. The number of carbonyl (C=O) groups is 2. The van der Waals surface area contributed by atoms with E-state index in [-0.39, 0.29) is 33.6 Å². The normalized spacial score (nSPS) is 11.9. The van der Waals surface area contributed by atoms with Gasteiger partial charge < -0.3 is 14.6 Å². The predicted molar refractivity (Wildman–Crippen MR) is 94.4 cm³/mol. The summed E-state index contributed by atoms with van der Waals surface area (Å²) in [6.45, 7) is 4.91. The largest absolute Gasteiger partial charge is 0.452 e. The van der Waals surface area contributed by atoms with Crippen LogP contribution in [0.15, 0.2) is 22.7 Å². The number of ether oxygens (including phenoxy) is 1. The van der Waals surface area contributed by atoms with Crippen LogP contribution in [0.2, 0.25) is 5.02 Å². The Bertz CT molecular complexity index is 786. The number of hydrogen-bond acceptors (Lipinski definition) is 5. The second-order valence-electron chi connectivity index (χ2n) is 5.89. The molecule has 140 valence electrons. The van der Waals surface area contributed by atoms with E-state index >= 15 is 0 Å². The minimum Gasteiger partial charge on any atom is -0.452 e. The molecule has 0 aliphatic rings. The Morgan fingerprint density at radius 1 is 1.42 bits per heavy atom. The molecule has 8 heteroatoms. The van der Waals surface area contributed by atoms with Crippen molar-refractivity contribution in [2.24, 2.45) is 0 Å². The van der Waals surface area contributed by atoms with Crippen LogP contribution < -0.4 is 5.32 Å². The highest BCUT2D eigenvalue weighted by atomic mass is 35.5. The van der Waals surface area contributed by atoms with Crippen LogP contribution in [0, 0.1) is 12.7 Å². The number of carbonyl (C=O) groups excluding carboxylic acids is 2. The highest BCUT2D eigenvalue weighted by molar-refractivity contribution is 6.33. The number of halogens is 2. The maximum Gasteiger partial charge on any atom is 0.344 e. The molecular formula is C18H20ClFN2O4. The number of nitrogens with one attached hydrogen (secondary N) is 1. The number of amides is 1. The molecule has 0 radical (unpaired) electrons. The van der Waals surface area contributed by atoms with Crippen molar-refractivity contribution in [3.05, 3.63) is 40.4 Å². The monoisotopic (exact) mass is 382 g/mol. The van der Waals surface area contributed by atoms with Crippen LogP contribution in [0.25, 0.3) is 11.3 Å². The maximum atomic E-state index is 14.1. The zero-order chi connectivity index (χ0) is 19.3. The first-order chi connectivity index (χ1) is 12.3. The molecule has 0 aliphatic carbocycles. The lowest BCUT2D eigenvalue weighted by Gasteiger charge is -2.12. The molecule has 1 amide bonds. The first-order valence-electron chi connectivity index (χ1n) is 8.22. The van der Waals surface area contributed by atoms with Gasteiger partial charge in [0.2, 0.25) is 0 Å². The number of nitrogens with zero attached hydrogens (tertiary/aromatic N) is 1. The van der Waals surface area contributed by atoms with E-state index in [9.17, 15) is 14.0 Å². The van der Waals surface area contributed by atoms with Gasteiger partial charge >= 0.3 is 5.97 Å². The average Bonchev–Trinajstić information content (AvgIpc) is 2.94. The first kappa shape index (κ1) is 19.9. The molecule has 0 saturated carbocycles. The van der Waals surface area contributed by atoms with Crippen molar-refractivity contribution in [2.75, 3.05) is 6.61 Å². The Hall–Kier alpha value is -2.41. The van der Waals surface area contributed by atoms with Crippen LogP contribution in [0.4, 0.5) is 4.39 Å². The van der Waals surface area contributed by atoms with Crippen molar-refractivity contribution < 1.29 is 23.2 Å². The summed E-state index contributed by atoms with van der Waals surface area (Å²) in [5.41, 5.74) is -0.180. The number of aryl methyl sites for hydroxylation is 1. The number of benzene rings is 1. The predicted octanol–water partition coefficient (Wildman–Crippen LogP) is 3.90. The SMILES string of the molecule is CCC[C@H](C)NC(=O)COC(=O)c1c(-c2c(F)cccc2Cl)noc1C. The molecule has 1 aromatic heterocycles. The van der Waals surface area contributed by atoms with Crippen molar-refractivity contribution in [1.29, 1.82) is 0 Å². The fourth-order valence-electron chi connectivity index (χ4n) is 2.53. The third-order valence-corrected chi connectivity index (χ3v) is 4.04. The lowest BCUT2D eigenvalue weighted by molar-refractivity contribution is -0.124. The molecule has 0 bridgehead atoms. The van der Waals surface area contributed by atoms with E-state index in [0.717, 1.165) is 12.8 Å². The summed E-state index contributed by atoms with van der Waals surface area (Å²) >= 11 is 6.03. The van der Waals surface area contributed by atoms with Crippen molar-refractivity contribution in [3.8, 4) is 11.3 Å². The van der Waals surface area contributed by atoms with Gasteiger partial charge in [-0.25, -0.2) is 9.18 Å².